The Morgan fingerprint density at radius 2 is 2.00 bits per heavy atom. The third-order valence-corrected chi connectivity index (χ3v) is 6.41. The fourth-order valence-corrected chi connectivity index (χ4v) is 4.79. The van der Waals surface area contributed by atoms with Gasteiger partial charge >= 0.3 is 0 Å². The van der Waals surface area contributed by atoms with Gasteiger partial charge in [-0.25, -0.2) is 5.01 Å². The average Bonchev–Trinajstić information content (AvgIpc) is 3.42. The Morgan fingerprint density at radius 1 is 1.10 bits per heavy atom. The highest BCUT2D eigenvalue weighted by atomic mass is 35.5. The van der Waals surface area contributed by atoms with Crippen LogP contribution in [0.2, 0.25) is 5.02 Å². The van der Waals surface area contributed by atoms with Crippen LogP contribution < -0.4 is 14.2 Å². The maximum Gasteiger partial charge on any atom is 0.217 e. The number of fused-ring (bicyclic) bond motifs is 3. The van der Waals surface area contributed by atoms with E-state index in [1.165, 1.54) is 4.88 Å². The molecular formula is C22H19ClN2O3S. The van der Waals surface area contributed by atoms with Crippen LogP contribution in [0.25, 0.3) is 0 Å². The smallest absolute Gasteiger partial charge is 0.217 e. The molecule has 2 aliphatic heterocycles. The highest BCUT2D eigenvalue weighted by Gasteiger charge is 2.42. The molecule has 0 saturated heterocycles. The van der Waals surface area contributed by atoms with E-state index < -0.39 is 6.23 Å². The standard InChI is InChI=1S/C22H19ClN2O3S/c1-26-14-6-8-19(27-2)16(11-14)22-25-18(12-17(24-25)21-4-3-9-29-21)15-10-13(23)5-7-20(15)28-22/h3-11,18,22H,12H2,1-2H3. The van der Waals surface area contributed by atoms with Crippen molar-refractivity contribution in [3.63, 3.8) is 0 Å². The van der Waals surface area contributed by atoms with Gasteiger partial charge in [-0.1, -0.05) is 17.7 Å². The first-order chi connectivity index (χ1) is 14.2. The van der Waals surface area contributed by atoms with Crippen molar-refractivity contribution in [3.05, 3.63) is 74.9 Å². The minimum absolute atomic E-state index is 0.0375. The fourth-order valence-electron chi connectivity index (χ4n) is 3.89. The van der Waals surface area contributed by atoms with Gasteiger partial charge in [0, 0.05) is 17.0 Å². The van der Waals surface area contributed by atoms with Crippen LogP contribution in [0.1, 0.15) is 34.7 Å². The molecule has 148 valence electrons. The zero-order valence-corrected chi connectivity index (χ0v) is 17.5. The molecule has 0 fully saturated rings. The number of nitrogens with zero attached hydrogens (tertiary/aromatic N) is 2. The zero-order chi connectivity index (χ0) is 20.0. The van der Waals surface area contributed by atoms with Crippen LogP contribution >= 0.6 is 22.9 Å². The van der Waals surface area contributed by atoms with Crippen molar-refractivity contribution in [2.45, 2.75) is 18.7 Å². The number of methoxy groups -OCH3 is 2. The van der Waals surface area contributed by atoms with Gasteiger partial charge < -0.3 is 14.2 Å². The van der Waals surface area contributed by atoms with Crippen molar-refractivity contribution in [3.8, 4) is 17.2 Å². The Labute approximate surface area is 178 Å². The Balaban J connectivity index is 1.65. The number of halogens is 1. The Kier molecular flexibility index (Phi) is 4.60. The third kappa shape index (κ3) is 3.12. The van der Waals surface area contributed by atoms with Crippen molar-refractivity contribution in [1.82, 2.24) is 5.01 Å². The van der Waals surface area contributed by atoms with Crippen LogP contribution in [-0.2, 0) is 0 Å². The SMILES string of the molecule is COc1ccc(OC)c(C2Oc3ccc(Cl)cc3C3CC(c4cccs4)=NN32)c1. The third-order valence-electron chi connectivity index (χ3n) is 5.26. The van der Waals surface area contributed by atoms with Gasteiger partial charge in [0.25, 0.3) is 0 Å². The van der Waals surface area contributed by atoms with E-state index >= 15 is 0 Å². The molecule has 0 amide bonds. The second-order valence-corrected chi connectivity index (χ2v) is 8.27. The van der Waals surface area contributed by atoms with Crippen LogP contribution in [0.15, 0.2) is 59.0 Å². The van der Waals surface area contributed by atoms with Crippen LogP contribution in [0.4, 0.5) is 0 Å². The molecule has 5 nitrogen and oxygen atoms in total. The molecule has 2 atom stereocenters. The van der Waals surface area contributed by atoms with Gasteiger partial charge in [-0.2, -0.15) is 5.10 Å². The lowest BCUT2D eigenvalue weighted by molar-refractivity contribution is -0.0204. The molecule has 2 aliphatic rings. The molecule has 0 aliphatic carbocycles. The van der Waals surface area contributed by atoms with E-state index in [1.54, 1.807) is 25.6 Å². The molecule has 7 heteroatoms. The summed E-state index contributed by atoms with van der Waals surface area (Å²) in [6, 6.07) is 15.6. The summed E-state index contributed by atoms with van der Waals surface area (Å²) in [4.78, 5) is 1.17. The molecule has 5 rings (SSSR count). The maximum atomic E-state index is 6.42. The largest absolute Gasteiger partial charge is 0.497 e. The van der Waals surface area contributed by atoms with E-state index in [0.717, 1.165) is 40.5 Å². The summed E-state index contributed by atoms with van der Waals surface area (Å²) in [6.07, 6.45) is 0.358. The van der Waals surface area contributed by atoms with E-state index in [2.05, 4.69) is 11.4 Å². The Hall–Kier alpha value is -2.70. The fraction of sp³-hybridized carbons (Fsp3) is 0.227. The molecule has 0 spiro atoms. The van der Waals surface area contributed by atoms with Crippen molar-refractivity contribution >= 4 is 28.6 Å². The first-order valence-electron chi connectivity index (χ1n) is 9.25. The molecule has 3 heterocycles. The summed E-state index contributed by atoms with van der Waals surface area (Å²) < 4.78 is 17.5. The number of hydrogen-bond donors (Lipinski definition) is 0. The van der Waals surface area contributed by atoms with Gasteiger partial charge in [-0.15, -0.1) is 11.3 Å². The molecule has 29 heavy (non-hydrogen) atoms. The predicted molar refractivity (Wildman–Crippen MR) is 114 cm³/mol. The lowest BCUT2D eigenvalue weighted by Crippen LogP contribution is -2.34. The molecule has 0 radical (unpaired) electrons. The first kappa shape index (κ1) is 18.3. The Morgan fingerprint density at radius 3 is 2.76 bits per heavy atom. The van der Waals surface area contributed by atoms with E-state index in [9.17, 15) is 0 Å². The number of hydrogen-bond acceptors (Lipinski definition) is 6. The van der Waals surface area contributed by atoms with E-state index in [-0.39, 0.29) is 6.04 Å². The summed E-state index contributed by atoms with van der Waals surface area (Å²) >= 11 is 7.99. The van der Waals surface area contributed by atoms with Crippen molar-refractivity contribution < 1.29 is 14.2 Å². The van der Waals surface area contributed by atoms with Gasteiger partial charge in [0.1, 0.15) is 17.2 Å². The molecule has 2 aromatic carbocycles. The van der Waals surface area contributed by atoms with Crippen molar-refractivity contribution in [1.29, 1.82) is 0 Å². The molecule has 0 N–H and O–H groups in total. The summed E-state index contributed by atoms with van der Waals surface area (Å²) in [5.41, 5.74) is 2.97. The Bertz CT molecular complexity index is 1080. The minimum Gasteiger partial charge on any atom is -0.497 e. The second-order valence-electron chi connectivity index (χ2n) is 6.88. The van der Waals surface area contributed by atoms with Gasteiger partial charge in [-0.05, 0) is 47.8 Å². The summed E-state index contributed by atoms with van der Waals surface area (Å²) in [5.74, 6) is 2.28. The molecular weight excluding hydrogens is 408 g/mol. The second kappa shape index (κ2) is 7.28. The summed E-state index contributed by atoms with van der Waals surface area (Å²) in [6.45, 7) is 0. The quantitative estimate of drug-likeness (QED) is 0.539. The molecule has 1 aromatic heterocycles. The summed E-state index contributed by atoms with van der Waals surface area (Å²) in [5, 5.41) is 9.74. The molecule has 0 bridgehead atoms. The van der Waals surface area contributed by atoms with Gasteiger partial charge in [-0.3, -0.25) is 0 Å². The van der Waals surface area contributed by atoms with Crippen molar-refractivity contribution in [2.24, 2.45) is 5.10 Å². The van der Waals surface area contributed by atoms with E-state index in [4.69, 9.17) is 30.9 Å². The highest BCUT2D eigenvalue weighted by Crippen LogP contribution is 2.50. The van der Waals surface area contributed by atoms with Crippen LogP contribution in [0, 0.1) is 0 Å². The molecule has 2 unspecified atom stereocenters. The van der Waals surface area contributed by atoms with Gasteiger partial charge in [0.15, 0.2) is 0 Å². The van der Waals surface area contributed by atoms with Gasteiger partial charge in [0.05, 0.1) is 36.4 Å². The number of thiophene rings is 1. The van der Waals surface area contributed by atoms with Crippen LogP contribution in [0.5, 0.6) is 17.2 Å². The predicted octanol–water partition coefficient (Wildman–Crippen LogP) is 5.66. The highest BCUT2D eigenvalue weighted by molar-refractivity contribution is 7.12. The first-order valence-corrected chi connectivity index (χ1v) is 10.5. The molecule has 3 aromatic rings. The van der Waals surface area contributed by atoms with Crippen molar-refractivity contribution in [2.75, 3.05) is 14.2 Å². The normalized spacial score (nSPS) is 19.8. The number of hydrazone groups is 1. The summed E-state index contributed by atoms with van der Waals surface area (Å²) in [7, 11) is 3.31. The topological polar surface area (TPSA) is 43.3 Å². The average molecular weight is 427 g/mol. The molecule has 0 saturated carbocycles. The lowest BCUT2D eigenvalue weighted by atomic mass is 9.97. The van der Waals surface area contributed by atoms with Gasteiger partial charge in [0.2, 0.25) is 6.23 Å². The zero-order valence-electron chi connectivity index (χ0n) is 16.0. The number of ether oxygens (including phenoxy) is 3. The monoisotopic (exact) mass is 426 g/mol. The number of rotatable bonds is 4. The maximum absolute atomic E-state index is 6.42. The van der Waals surface area contributed by atoms with E-state index in [0.29, 0.717) is 5.02 Å². The van der Waals surface area contributed by atoms with Crippen LogP contribution in [0.3, 0.4) is 0 Å². The number of benzene rings is 2. The lowest BCUT2D eigenvalue weighted by Gasteiger charge is -2.38. The minimum atomic E-state index is -0.434. The van der Waals surface area contributed by atoms with E-state index in [1.807, 2.05) is 47.5 Å². The van der Waals surface area contributed by atoms with Crippen LogP contribution in [-0.4, -0.2) is 24.9 Å².